The molecule has 0 radical (unpaired) electrons. The second-order valence-corrected chi connectivity index (χ2v) is 6.03. The van der Waals surface area contributed by atoms with Crippen LogP contribution in [0.3, 0.4) is 0 Å². The number of anilines is 1. The number of likely N-dealkylation sites (N-methyl/N-ethyl adjacent to an activating group) is 1. The van der Waals surface area contributed by atoms with Crippen LogP contribution in [0, 0.1) is 0 Å². The Morgan fingerprint density at radius 1 is 0.958 bits per heavy atom. The van der Waals surface area contributed by atoms with Crippen molar-refractivity contribution in [1.29, 1.82) is 0 Å². The first kappa shape index (κ1) is 14.8. The van der Waals surface area contributed by atoms with Crippen LogP contribution in [0.4, 0.5) is 5.69 Å². The summed E-state index contributed by atoms with van der Waals surface area (Å²) in [6.07, 6.45) is 1.78. The molecule has 2 heterocycles. The summed E-state index contributed by atoms with van der Waals surface area (Å²) in [5.74, 6) is 1.27. The van der Waals surface area contributed by atoms with E-state index in [4.69, 9.17) is 16.0 Å². The molecule has 0 spiro atoms. The molecule has 1 aliphatic heterocycles. The predicted molar refractivity (Wildman–Crippen MR) is 96.9 cm³/mol. The number of carbonyl (C=O) groups excluding carboxylic acids is 1. The van der Waals surface area contributed by atoms with Crippen molar-refractivity contribution in [2.24, 2.45) is 0 Å². The van der Waals surface area contributed by atoms with Crippen LogP contribution in [0.2, 0.25) is 5.02 Å². The van der Waals surface area contributed by atoms with Crippen LogP contribution in [-0.4, -0.2) is 13.0 Å². The number of furan rings is 1. The molecule has 24 heavy (non-hydrogen) atoms. The van der Waals surface area contributed by atoms with Gasteiger partial charge in [-0.05, 0) is 36.4 Å². The molecule has 0 saturated carbocycles. The van der Waals surface area contributed by atoms with Crippen LogP contribution in [0.1, 0.15) is 11.3 Å². The van der Waals surface area contributed by atoms with E-state index in [1.807, 2.05) is 60.7 Å². The van der Waals surface area contributed by atoms with Gasteiger partial charge in [-0.3, -0.25) is 4.79 Å². The molecule has 0 fully saturated rings. The topological polar surface area (TPSA) is 33.5 Å². The van der Waals surface area contributed by atoms with E-state index in [1.54, 1.807) is 18.0 Å². The summed E-state index contributed by atoms with van der Waals surface area (Å²) in [4.78, 5) is 14.1. The van der Waals surface area contributed by atoms with E-state index in [9.17, 15) is 4.79 Å². The molecule has 0 bridgehead atoms. The molecule has 4 heteroatoms. The summed E-state index contributed by atoms with van der Waals surface area (Å²) in [5, 5.41) is 0.632. The molecule has 3 nitrogen and oxygen atoms in total. The normalized spacial score (nSPS) is 15.2. The van der Waals surface area contributed by atoms with E-state index in [0.717, 1.165) is 16.8 Å². The zero-order valence-electron chi connectivity index (χ0n) is 13.0. The van der Waals surface area contributed by atoms with Gasteiger partial charge in [-0.25, -0.2) is 0 Å². The highest BCUT2D eigenvalue weighted by Gasteiger charge is 2.29. The third kappa shape index (κ3) is 2.34. The Bertz CT molecular complexity index is 971. The largest absolute Gasteiger partial charge is 0.457 e. The Morgan fingerprint density at radius 2 is 1.67 bits per heavy atom. The number of para-hydroxylation sites is 1. The summed E-state index contributed by atoms with van der Waals surface area (Å²) in [6, 6.07) is 19.0. The smallest absolute Gasteiger partial charge is 0.258 e. The van der Waals surface area contributed by atoms with Crippen LogP contribution in [0.15, 0.2) is 65.1 Å². The molecule has 1 aromatic heterocycles. The zero-order valence-corrected chi connectivity index (χ0v) is 13.7. The number of halogens is 1. The van der Waals surface area contributed by atoms with E-state index in [0.29, 0.717) is 22.1 Å². The van der Waals surface area contributed by atoms with Gasteiger partial charge in [0.05, 0.1) is 16.3 Å². The summed E-state index contributed by atoms with van der Waals surface area (Å²) in [7, 11) is 1.78. The highest BCUT2D eigenvalue weighted by Crippen LogP contribution is 2.37. The number of benzene rings is 2. The van der Waals surface area contributed by atoms with Gasteiger partial charge in [0.1, 0.15) is 11.5 Å². The quantitative estimate of drug-likeness (QED) is 0.609. The third-order valence-electron chi connectivity index (χ3n) is 4.14. The Kier molecular flexibility index (Phi) is 3.51. The fourth-order valence-corrected chi connectivity index (χ4v) is 3.15. The van der Waals surface area contributed by atoms with Gasteiger partial charge in [0.15, 0.2) is 0 Å². The number of fused-ring (bicyclic) bond motifs is 1. The average molecular weight is 336 g/mol. The number of hydrogen-bond acceptors (Lipinski definition) is 2. The van der Waals surface area contributed by atoms with Crippen LogP contribution in [-0.2, 0) is 4.79 Å². The minimum atomic E-state index is -0.0353. The van der Waals surface area contributed by atoms with E-state index in [2.05, 4.69) is 0 Å². The lowest BCUT2D eigenvalue weighted by atomic mass is 10.1. The molecule has 0 unspecified atom stereocenters. The fourth-order valence-electron chi connectivity index (χ4n) is 2.92. The lowest BCUT2D eigenvalue weighted by Gasteiger charge is -2.07. The van der Waals surface area contributed by atoms with Gasteiger partial charge < -0.3 is 9.32 Å². The minimum Gasteiger partial charge on any atom is -0.457 e. The molecule has 0 atom stereocenters. The molecule has 0 N–H and O–H groups in total. The van der Waals surface area contributed by atoms with E-state index in [1.165, 1.54) is 0 Å². The van der Waals surface area contributed by atoms with Gasteiger partial charge in [0.25, 0.3) is 5.91 Å². The van der Waals surface area contributed by atoms with Gasteiger partial charge >= 0.3 is 0 Å². The van der Waals surface area contributed by atoms with Gasteiger partial charge in [-0.2, -0.15) is 0 Å². The van der Waals surface area contributed by atoms with Crippen molar-refractivity contribution in [3.63, 3.8) is 0 Å². The Balaban J connectivity index is 1.75. The van der Waals surface area contributed by atoms with Gasteiger partial charge in [0, 0.05) is 18.2 Å². The fraction of sp³-hybridized carbons (Fsp3) is 0.0500. The van der Waals surface area contributed by atoms with E-state index in [-0.39, 0.29) is 5.91 Å². The molecule has 118 valence electrons. The number of nitrogens with zero attached hydrogens (tertiary/aromatic N) is 1. The van der Waals surface area contributed by atoms with Crippen LogP contribution < -0.4 is 4.90 Å². The van der Waals surface area contributed by atoms with Crippen molar-refractivity contribution in [3.8, 4) is 11.3 Å². The number of amides is 1. The SMILES string of the molecule is CN1C(=O)C(=Cc2ccc(-c3ccccc3Cl)o2)c2ccccc21. The second-order valence-electron chi connectivity index (χ2n) is 5.62. The first-order valence-electron chi connectivity index (χ1n) is 7.59. The van der Waals surface area contributed by atoms with Crippen molar-refractivity contribution in [2.75, 3.05) is 11.9 Å². The van der Waals surface area contributed by atoms with Crippen LogP contribution >= 0.6 is 11.6 Å². The molecule has 0 saturated heterocycles. The molecule has 0 aliphatic carbocycles. The maximum absolute atomic E-state index is 12.5. The molecule has 3 aromatic rings. The third-order valence-corrected chi connectivity index (χ3v) is 4.47. The summed E-state index contributed by atoms with van der Waals surface area (Å²) < 4.78 is 5.88. The van der Waals surface area contributed by atoms with Crippen molar-refractivity contribution in [2.45, 2.75) is 0 Å². The molecular formula is C20H14ClNO2. The maximum atomic E-state index is 12.5. The molecule has 4 rings (SSSR count). The summed E-state index contributed by atoms with van der Waals surface area (Å²) in [6.45, 7) is 0. The van der Waals surface area contributed by atoms with Crippen LogP contribution in [0.5, 0.6) is 0 Å². The average Bonchev–Trinajstić information content (AvgIpc) is 3.15. The predicted octanol–water partition coefficient (Wildman–Crippen LogP) is 5.12. The monoisotopic (exact) mass is 335 g/mol. The van der Waals surface area contributed by atoms with Crippen molar-refractivity contribution >= 4 is 34.8 Å². The Labute approximate surface area is 144 Å². The molecule has 1 aliphatic rings. The number of hydrogen-bond donors (Lipinski definition) is 0. The molecular weight excluding hydrogens is 322 g/mol. The highest BCUT2D eigenvalue weighted by atomic mass is 35.5. The first-order chi connectivity index (χ1) is 11.6. The number of carbonyl (C=O) groups is 1. The minimum absolute atomic E-state index is 0.0353. The lowest BCUT2D eigenvalue weighted by molar-refractivity contribution is -0.112. The summed E-state index contributed by atoms with van der Waals surface area (Å²) >= 11 is 6.21. The van der Waals surface area contributed by atoms with Crippen LogP contribution in [0.25, 0.3) is 23.0 Å². The van der Waals surface area contributed by atoms with E-state index < -0.39 is 0 Å². The lowest BCUT2D eigenvalue weighted by Crippen LogP contribution is -2.20. The molecule has 1 amide bonds. The van der Waals surface area contributed by atoms with Crippen molar-refractivity contribution in [3.05, 3.63) is 77.0 Å². The molecule has 2 aromatic carbocycles. The first-order valence-corrected chi connectivity index (χ1v) is 7.97. The van der Waals surface area contributed by atoms with Crippen molar-refractivity contribution in [1.82, 2.24) is 0 Å². The Hall–Kier alpha value is -2.78. The Morgan fingerprint density at radius 3 is 2.46 bits per heavy atom. The van der Waals surface area contributed by atoms with Gasteiger partial charge in [-0.1, -0.05) is 41.9 Å². The standard InChI is InChI=1S/C20H14ClNO2/c1-22-18-9-5-3-6-14(18)16(20(22)23)12-13-10-11-19(24-13)15-7-2-4-8-17(15)21/h2-12H,1H3. The maximum Gasteiger partial charge on any atom is 0.258 e. The zero-order chi connectivity index (χ0) is 16.7. The second kappa shape index (κ2) is 5.69. The number of rotatable bonds is 2. The highest BCUT2D eigenvalue weighted by molar-refractivity contribution is 6.35. The van der Waals surface area contributed by atoms with Crippen molar-refractivity contribution < 1.29 is 9.21 Å². The summed E-state index contributed by atoms with van der Waals surface area (Å²) in [5.41, 5.74) is 3.29. The van der Waals surface area contributed by atoms with E-state index >= 15 is 0 Å². The van der Waals surface area contributed by atoms with Gasteiger partial charge in [-0.15, -0.1) is 0 Å². The van der Waals surface area contributed by atoms with Gasteiger partial charge in [0.2, 0.25) is 0 Å².